The van der Waals surface area contributed by atoms with Gasteiger partial charge in [-0.05, 0) is 43.7 Å². The highest BCUT2D eigenvalue weighted by Crippen LogP contribution is 2.16. The van der Waals surface area contributed by atoms with Crippen LogP contribution < -0.4 is 20.1 Å². The average molecular weight is 403 g/mol. The van der Waals surface area contributed by atoms with E-state index in [2.05, 4.69) is 15.6 Å². The summed E-state index contributed by atoms with van der Waals surface area (Å²) in [5.41, 5.74) is 1.07. The SMILES string of the molecule is CCNC(=NCc1ccc(OCCOC)cc1)NCC(C)Oc1ccccc1F. The van der Waals surface area contributed by atoms with Crippen LogP contribution in [0.25, 0.3) is 0 Å². The van der Waals surface area contributed by atoms with Crippen molar-refractivity contribution in [1.29, 1.82) is 0 Å². The molecule has 0 radical (unpaired) electrons. The summed E-state index contributed by atoms with van der Waals surface area (Å²) in [6.07, 6.45) is -0.223. The van der Waals surface area contributed by atoms with Crippen LogP contribution in [0.2, 0.25) is 0 Å². The zero-order valence-corrected chi connectivity index (χ0v) is 17.3. The first kappa shape index (κ1) is 22.5. The number of ether oxygens (including phenoxy) is 3. The Hall–Kier alpha value is -2.80. The van der Waals surface area contributed by atoms with Crippen molar-refractivity contribution in [1.82, 2.24) is 10.6 Å². The number of aliphatic imine (C=N–C) groups is 1. The van der Waals surface area contributed by atoms with E-state index < -0.39 is 0 Å². The first-order valence-corrected chi connectivity index (χ1v) is 9.76. The Morgan fingerprint density at radius 3 is 2.52 bits per heavy atom. The van der Waals surface area contributed by atoms with Gasteiger partial charge in [-0.2, -0.15) is 0 Å². The highest BCUT2D eigenvalue weighted by atomic mass is 19.1. The van der Waals surface area contributed by atoms with Gasteiger partial charge in [0.05, 0.1) is 19.7 Å². The number of guanidine groups is 1. The molecule has 2 aromatic rings. The fraction of sp³-hybridized carbons (Fsp3) is 0.409. The third-order valence-electron chi connectivity index (χ3n) is 3.97. The van der Waals surface area contributed by atoms with E-state index in [9.17, 15) is 4.39 Å². The Morgan fingerprint density at radius 2 is 1.83 bits per heavy atom. The second-order valence-electron chi connectivity index (χ2n) is 6.42. The van der Waals surface area contributed by atoms with E-state index in [1.54, 1.807) is 25.3 Å². The van der Waals surface area contributed by atoms with Gasteiger partial charge in [-0.3, -0.25) is 0 Å². The lowest BCUT2D eigenvalue weighted by Crippen LogP contribution is -2.41. The van der Waals surface area contributed by atoms with Crippen LogP contribution >= 0.6 is 0 Å². The van der Waals surface area contributed by atoms with Gasteiger partial charge in [0, 0.05) is 13.7 Å². The molecule has 0 aliphatic carbocycles. The number of hydrogen-bond donors (Lipinski definition) is 2. The molecule has 2 N–H and O–H groups in total. The summed E-state index contributed by atoms with van der Waals surface area (Å²) < 4.78 is 29.9. The predicted octanol–water partition coefficient (Wildman–Crippen LogP) is 3.37. The minimum Gasteiger partial charge on any atom is -0.491 e. The molecule has 0 heterocycles. The van der Waals surface area contributed by atoms with Gasteiger partial charge in [0.25, 0.3) is 0 Å². The zero-order valence-electron chi connectivity index (χ0n) is 17.3. The summed E-state index contributed by atoms with van der Waals surface area (Å²) in [5, 5.41) is 6.43. The van der Waals surface area contributed by atoms with Gasteiger partial charge in [-0.15, -0.1) is 0 Å². The molecule has 0 spiro atoms. The molecule has 0 fully saturated rings. The van der Waals surface area contributed by atoms with E-state index in [-0.39, 0.29) is 17.7 Å². The van der Waals surface area contributed by atoms with E-state index in [1.807, 2.05) is 38.1 Å². The molecule has 0 saturated heterocycles. The molecule has 0 amide bonds. The van der Waals surface area contributed by atoms with E-state index in [0.717, 1.165) is 17.9 Å². The van der Waals surface area contributed by atoms with Gasteiger partial charge in [-0.1, -0.05) is 24.3 Å². The number of para-hydroxylation sites is 1. The Balaban J connectivity index is 1.84. The van der Waals surface area contributed by atoms with Crippen LogP contribution in [0.15, 0.2) is 53.5 Å². The number of nitrogens with one attached hydrogen (secondary N) is 2. The Morgan fingerprint density at radius 1 is 1.07 bits per heavy atom. The lowest BCUT2D eigenvalue weighted by molar-refractivity contribution is 0.146. The third-order valence-corrected chi connectivity index (χ3v) is 3.97. The molecule has 0 saturated carbocycles. The second-order valence-corrected chi connectivity index (χ2v) is 6.42. The molecule has 0 aliphatic heterocycles. The number of benzene rings is 2. The minimum atomic E-state index is -0.366. The van der Waals surface area contributed by atoms with Crippen molar-refractivity contribution in [3.8, 4) is 11.5 Å². The van der Waals surface area contributed by atoms with Gasteiger partial charge in [0.1, 0.15) is 18.5 Å². The summed E-state index contributed by atoms with van der Waals surface area (Å²) in [6, 6.07) is 14.2. The molecule has 0 aromatic heterocycles. The quantitative estimate of drug-likeness (QED) is 0.342. The van der Waals surface area contributed by atoms with E-state index >= 15 is 0 Å². The number of halogens is 1. The molecule has 2 aromatic carbocycles. The van der Waals surface area contributed by atoms with Crippen LogP contribution in [0.4, 0.5) is 4.39 Å². The summed E-state index contributed by atoms with van der Waals surface area (Å²) in [6.45, 7) is 6.72. The number of hydrogen-bond acceptors (Lipinski definition) is 4. The number of methoxy groups -OCH3 is 1. The van der Waals surface area contributed by atoms with E-state index in [0.29, 0.717) is 32.3 Å². The van der Waals surface area contributed by atoms with Crippen molar-refractivity contribution >= 4 is 5.96 Å². The van der Waals surface area contributed by atoms with Crippen LogP contribution in [0.1, 0.15) is 19.4 Å². The molecule has 29 heavy (non-hydrogen) atoms. The number of nitrogens with zero attached hydrogens (tertiary/aromatic N) is 1. The smallest absolute Gasteiger partial charge is 0.191 e. The van der Waals surface area contributed by atoms with Crippen molar-refractivity contribution in [2.24, 2.45) is 4.99 Å². The maximum Gasteiger partial charge on any atom is 0.191 e. The average Bonchev–Trinajstić information content (AvgIpc) is 2.73. The molecule has 1 atom stereocenters. The lowest BCUT2D eigenvalue weighted by atomic mass is 10.2. The second kappa shape index (κ2) is 12.6. The van der Waals surface area contributed by atoms with E-state index in [1.165, 1.54) is 6.07 Å². The topological polar surface area (TPSA) is 64.1 Å². The molecule has 0 bridgehead atoms. The molecule has 7 heteroatoms. The molecule has 6 nitrogen and oxygen atoms in total. The van der Waals surface area contributed by atoms with Crippen molar-refractivity contribution in [2.75, 3.05) is 33.4 Å². The fourth-order valence-corrected chi connectivity index (χ4v) is 2.49. The van der Waals surface area contributed by atoms with Crippen molar-refractivity contribution in [2.45, 2.75) is 26.5 Å². The monoisotopic (exact) mass is 403 g/mol. The third kappa shape index (κ3) is 8.39. The van der Waals surface area contributed by atoms with Gasteiger partial charge < -0.3 is 24.8 Å². The lowest BCUT2D eigenvalue weighted by Gasteiger charge is -2.18. The van der Waals surface area contributed by atoms with Crippen LogP contribution in [0, 0.1) is 5.82 Å². The standard InChI is InChI=1S/C22H30FN3O3/c1-4-24-22(25-15-17(2)29-21-8-6-5-7-20(21)23)26-16-18-9-11-19(12-10-18)28-14-13-27-3/h5-12,17H,4,13-16H2,1-3H3,(H2,24,25,26). The first-order chi connectivity index (χ1) is 14.1. The highest BCUT2D eigenvalue weighted by molar-refractivity contribution is 5.79. The summed E-state index contributed by atoms with van der Waals surface area (Å²) in [7, 11) is 1.65. The van der Waals surface area contributed by atoms with Crippen molar-refractivity contribution < 1.29 is 18.6 Å². The largest absolute Gasteiger partial charge is 0.491 e. The minimum absolute atomic E-state index is 0.223. The molecular weight excluding hydrogens is 373 g/mol. The molecule has 2 rings (SSSR count). The summed E-state index contributed by atoms with van der Waals surface area (Å²) in [5.74, 6) is 1.36. The van der Waals surface area contributed by atoms with Gasteiger partial charge in [0.15, 0.2) is 17.5 Å². The summed E-state index contributed by atoms with van der Waals surface area (Å²) in [4.78, 5) is 4.59. The predicted molar refractivity (Wildman–Crippen MR) is 113 cm³/mol. The normalized spacial score (nSPS) is 12.3. The summed E-state index contributed by atoms with van der Waals surface area (Å²) >= 11 is 0. The van der Waals surface area contributed by atoms with Crippen molar-refractivity contribution in [3.05, 3.63) is 59.9 Å². The highest BCUT2D eigenvalue weighted by Gasteiger charge is 2.09. The zero-order chi connectivity index (χ0) is 20.9. The molecule has 0 aliphatic rings. The van der Waals surface area contributed by atoms with Gasteiger partial charge in [-0.25, -0.2) is 9.38 Å². The Kier molecular flexibility index (Phi) is 9.78. The number of rotatable bonds is 11. The van der Waals surface area contributed by atoms with Gasteiger partial charge in [0.2, 0.25) is 0 Å². The van der Waals surface area contributed by atoms with Crippen LogP contribution in [-0.4, -0.2) is 45.5 Å². The molecule has 1 unspecified atom stereocenters. The fourth-order valence-electron chi connectivity index (χ4n) is 2.49. The van der Waals surface area contributed by atoms with Crippen molar-refractivity contribution in [3.63, 3.8) is 0 Å². The molecular formula is C22H30FN3O3. The van der Waals surface area contributed by atoms with Crippen LogP contribution in [-0.2, 0) is 11.3 Å². The maximum atomic E-state index is 13.7. The Labute approximate surface area is 172 Å². The van der Waals surface area contributed by atoms with Crippen LogP contribution in [0.5, 0.6) is 11.5 Å². The van der Waals surface area contributed by atoms with Crippen LogP contribution in [0.3, 0.4) is 0 Å². The Bertz CT molecular complexity index is 753. The maximum absolute atomic E-state index is 13.7. The van der Waals surface area contributed by atoms with E-state index in [4.69, 9.17) is 14.2 Å². The first-order valence-electron chi connectivity index (χ1n) is 9.76. The van der Waals surface area contributed by atoms with Gasteiger partial charge >= 0.3 is 0 Å². The molecule has 158 valence electrons.